The van der Waals surface area contributed by atoms with Gasteiger partial charge in [0, 0.05) is 90.9 Å². The number of fused-ring (bicyclic) bond motifs is 8. The SMILES string of the molecule is CC1(C)CC(NC(=O)OC2CCN3CCN2CC3)CC(C)(CNC(=O)OC2CCN3CCN2CC3)C1. The summed E-state index contributed by atoms with van der Waals surface area (Å²) in [5.74, 6) is 0. The first-order valence-corrected chi connectivity index (χ1v) is 14.0. The van der Waals surface area contributed by atoms with Gasteiger partial charge in [-0.05, 0) is 30.1 Å². The molecule has 10 heteroatoms. The minimum atomic E-state index is -0.332. The van der Waals surface area contributed by atoms with Gasteiger partial charge in [-0.15, -0.1) is 0 Å². The minimum Gasteiger partial charge on any atom is -0.430 e. The van der Waals surface area contributed by atoms with Crippen molar-refractivity contribution in [1.29, 1.82) is 0 Å². The van der Waals surface area contributed by atoms with E-state index >= 15 is 0 Å². The lowest BCUT2D eigenvalue weighted by atomic mass is 9.62. The van der Waals surface area contributed by atoms with Gasteiger partial charge in [0.25, 0.3) is 0 Å². The number of carbonyl (C=O) groups excluding carboxylic acids is 2. The highest BCUT2D eigenvalue weighted by Gasteiger charge is 2.43. The first-order valence-electron chi connectivity index (χ1n) is 14.0. The molecule has 7 aliphatic rings. The summed E-state index contributed by atoms with van der Waals surface area (Å²) in [5, 5.41) is 6.24. The number of ether oxygens (including phenoxy) is 2. The Morgan fingerprint density at radius 3 is 1.83 bits per heavy atom. The third kappa shape index (κ3) is 6.44. The molecule has 10 nitrogen and oxygen atoms in total. The molecule has 0 radical (unpaired) electrons. The number of carbonyl (C=O) groups is 2. The third-order valence-electron chi connectivity index (χ3n) is 8.92. The maximum absolute atomic E-state index is 12.9. The molecule has 7 rings (SSSR count). The van der Waals surface area contributed by atoms with Crippen LogP contribution in [0.2, 0.25) is 0 Å². The molecule has 0 aromatic rings. The standard InChI is InChI=1S/C26H46N6O4/c1-25(2)16-20(28-24(34)36-22-5-7-30-10-14-32(22)15-11-30)17-26(3,18-25)19-27-23(33)35-21-4-6-29-8-12-31(21)13-9-29/h20-22H,4-19H2,1-3H3,(H,27,33)(H,28,34). The summed E-state index contributed by atoms with van der Waals surface area (Å²) in [6, 6.07) is 0.0161. The Morgan fingerprint density at radius 1 is 0.750 bits per heavy atom. The highest BCUT2D eigenvalue weighted by molar-refractivity contribution is 5.68. The van der Waals surface area contributed by atoms with E-state index in [1.54, 1.807) is 0 Å². The monoisotopic (exact) mass is 506 g/mol. The smallest absolute Gasteiger partial charge is 0.408 e. The number of hydrogen-bond donors (Lipinski definition) is 2. The molecule has 36 heavy (non-hydrogen) atoms. The van der Waals surface area contributed by atoms with E-state index < -0.39 is 0 Å². The summed E-state index contributed by atoms with van der Waals surface area (Å²) >= 11 is 0. The van der Waals surface area contributed by atoms with E-state index in [1.165, 1.54) is 0 Å². The lowest BCUT2D eigenvalue weighted by molar-refractivity contribution is -0.0195. The number of nitrogens with one attached hydrogen (secondary N) is 2. The summed E-state index contributed by atoms with van der Waals surface area (Å²) in [6.07, 6.45) is 3.49. The van der Waals surface area contributed by atoms with E-state index in [1.807, 2.05) is 0 Å². The molecule has 0 spiro atoms. The lowest BCUT2D eigenvalue weighted by Gasteiger charge is -2.46. The summed E-state index contributed by atoms with van der Waals surface area (Å²) in [4.78, 5) is 35.1. The fourth-order valence-electron chi connectivity index (χ4n) is 7.41. The Balaban J connectivity index is 1.12. The van der Waals surface area contributed by atoms with E-state index in [0.29, 0.717) is 6.54 Å². The number of hydrogen-bond acceptors (Lipinski definition) is 8. The highest BCUT2D eigenvalue weighted by Crippen LogP contribution is 2.45. The fraction of sp³-hybridized carbons (Fsp3) is 0.923. The number of rotatable bonds is 5. The normalized spacial score (nSPS) is 41.6. The number of alkyl carbamates (subject to hydrolysis) is 2. The van der Waals surface area contributed by atoms with Gasteiger partial charge in [-0.1, -0.05) is 20.8 Å². The van der Waals surface area contributed by atoms with Crippen LogP contribution < -0.4 is 10.6 Å². The number of nitrogens with zero attached hydrogens (tertiary/aromatic N) is 4. The van der Waals surface area contributed by atoms with Gasteiger partial charge in [-0.25, -0.2) is 9.59 Å². The summed E-state index contributed by atoms with van der Waals surface area (Å²) in [5.41, 5.74) is -0.0843. The second-order valence-electron chi connectivity index (χ2n) is 12.8. The molecular formula is C26H46N6O4. The lowest BCUT2D eigenvalue weighted by Crippen LogP contribution is -2.52. The molecule has 6 heterocycles. The molecule has 0 aromatic carbocycles. The van der Waals surface area contributed by atoms with E-state index in [9.17, 15) is 9.59 Å². The Morgan fingerprint density at radius 2 is 1.28 bits per heavy atom. The average Bonchev–Trinajstić information content (AvgIpc) is 3.29. The Kier molecular flexibility index (Phi) is 7.68. The van der Waals surface area contributed by atoms with Crippen molar-refractivity contribution < 1.29 is 19.1 Å². The fourth-order valence-corrected chi connectivity index (χ4v) is 7.41. The molecule has 4 unspecified atom stereocenters. The number of amides is 2. The van der Waals surface area contributed by atoms with Crippen LogP contribution in [0.5, 0.6) is 0 Å². The molecule has 1 saturated carbocycles. The first kappa shape index (κ1) is 26.0. The van der Waals surface area contributed by atoms with Crippen molar-refractivity contribution in [3.8, 4) is 0 Å². The van der Waals surface area contributed by atoms with Crippen LogP contribution in [0.4, 0.5) is 9.59 Å². The van der Waals surface area contributed by atoms with Crippen LogP contribution in [0.15, 0.2) is 0 Å². The first-order chi connectivity index (χ1) is 17.2. The zero-order valence-electron chi connectivity index (χ0n) is 22.5. The Bertz CT molecular complexity index is 795. The molecule has 4 atom stereocenters. The Hall–Kier alpha value is -1.62. The topological polar surface area (TPSA) is 89.6 Å². The number of piperazine rings is 2. The molecular weight excluding hydrogens is 460 g/mol. The van der Waals surface area contributed by atoms with Crippen LogP contribution in [-0.2, 0) is 9.47 Å². The molecule has 0 aromatic heterocycles. The van der Waals surface area contributed by atoms with Crippen LogP contribution in [0, 0.1) is 10.8 Å². The molecule has 2 amide bonds. The molecule has 6 aliphatic heterocycles. The van der Waals surface area contributed by atoms with E-state index in [-0.39, 0.29) is 41.5 Å². The van der Waals surface area contributed by atoms with Gasteiger partial charge < -0.3 is 29.9 Å². The van der Waals surface area contributed by atoms with Crippen LogP contribution in [0.25, 0.3) is 0 Å². The maximum atomic E-state index is 12.9. The van der Waals surface area contributed by atoms with Crippen molar-refractivity contribution in [2.24, 2.45) is 10.8 Å². The zero-order chi connectivity index (χ0) is 25.3. The van der Waals surface area contributed by atoms with Crippen LogP contribution >= 0.6 is 0 Å². The van der Waals surface area contributed by atoms with Crippen LogP contribution in [-0.4, -0.2) is 122 Å². The van der Waals surface area contributed by atoms with Crippen molar-refractivity contribution in [3.05, 3.63) is 0 Å². The molecule has 2 N–H and O–H groups in total. The van der Waals surface area contributed by atoms with Crippen molar-refractivity contribution in [3.63, 3.8) is 0 Å². The van der Waals surface area contributed by atoms with Gasteiger partial charge >= 0.3 is 12.2 Å². The predicted molar refractivity (Wildman–Crippen MR) is 136 cm³/mol. The van der Waals surface area contributed by atoms with Crippen molar-refractivity contribution in [1.82, 2.24) is 30.2 Å². The van der Waals surface area contributed by atoms with Crippen molar-refractivity contribution in [2.75, 3.05) is 72.0 Å². The molecule has 4 bridgehead atoms. The van der Waals surface area contributed by atoms with Gasteiger partial charge in [-0.3, -0.25) is 9.80 Å². The zero-order valence-corrected chi connectivity index (χ0v) is 22.5. The second kappa shape index (κ2) is 10.6. The third-order valence-corrected chi connectivity index (χ3v) is 8.92. The van der Waals surface area contributed by atoms with E-state index in [4.69, 9.17) is 9.47 Å². The summed E-state index contributed by atoms with van der Waals surface area (Å²) < 4.78 is 11.8. The van der Waals surface area contributed by atoms with Crippen molar-refractivity contribution in [2.45, 2.75) is 71.4 Å². The molecule has 204 valence electrons. The van der Waals surface area contributed by atoms with Gasteiger partial charge in [0.2, 0.25) is 0 Å². The van der Waals surface area contributed by atoms with E-state index in [2.05, 4.69) is 51.0 Å². The van der Waals surface area contributed by atoms with Gasteiger partial charge in [-0.2, -0.15) is 0 Å². The summed E-state index contributed by atoms with van der Waals surface area (Å²) in [7, 11) is 0. The Labute approximate surface area is 216 Å². The second-order valence-corrected chi connectivity index (χ2v) is 12.8. The molecule has 7 fully saturated rings. The van der Waals surface area contributed by atoms with Crippen LogP contribution in [0.3, 0.4) is 0 Å². The maximum Gasteiger partial charge on any atom is 0.408 e. The van der Waals surface area contributed by atoms with Crippen molar-refractivity contribution >= 4 is 12.2 Å². The largest absolute Gasteiger partial charge is 0.430 e. The van der Waals surface area contributed by atoms with Gasteiger partial charge in [0.15, 0.2) is 12.5 Å². The van der Waals surface area contributed by atoms with Crippen LogP contribution in [0.1, 0.15) is 52.9 Å². The highest BCUT2D eigenvalue weighted by atomic mass is 16.6. The van der Waals surface area contributed by atoms with Gasteiger partial charge in [0.1, 0.15) is 0 Å². The minimum absolute atomic E-state index is 0.0161. The molecule has 6 saturated heterocycles. The summed E-state index contributed by atoms with van der Waals surface area (Å²) in [6.45, 7) is 17.3. The van der Waals surface area contributed by atoms with E-state index in [0.717, 1.165) is 97.6 Å². The quantitative estimate of drug-likeness (QED) is 0.583. The van der Waals surface area contributed by atoms with Gasteiger partial charge in [0.05, 0.1) is 0 Å². The molecule has 1 aliphatic carbocycles. The predicted octanol–water partition coefficient (Wildman–Crippen LogP) is 1.72. The average molecular weight is 507 g/mol.